The van der Waals surface area contributed by atoms with Crippen molar-refractivity contribution in [3.8, 4) is 5.75 Å². The highest BCUT2D eigenvalue weighted by molar-refractivity contribution is 5.91. The fourth-order valence-corrected chi connectivity index (χ4v) is 1.89. The van der Waals surface area contributed by atoms with Crippen molar-refractivity contribution in [1.82, 2.24) is 0 Å². The molecular weight excluding hydrogens is 259 g/mol. The second-order valence-corrected chi connectivity index (χ2v) is 4.63. The quantitative estimate of drug-likeness (QED) is 0.924. The number of rotatable bonds is 4. The number of ether oxygens (including phenoxy) is 1. The van der Waals surface area contributed by atoms with Gasteiger partial charge in [-0.3, -0.25) is 0 Å². The minimum absolute atomic E-state index is 0.0377. The molecule has 20 heavy (non-hydrogen) atoms. The number of aromatic carboxylic acids is 1. The molecule has 0 fully saturated rings. The van der Waals surface area contributed by atoms with Gasteiger partial charge in [-0.1, -0.05) is 24.3 Å². The Bertz CT molecular complexity index is 650. The van der Waals surface area contributed by atoms with Gasteiger partial charge in [-0.2, -0.15) is 0 Å². The van der Waals surface area contributed by atoms with Gasteiger partial charge in [-0.05, 0) is 42.7 Å². The van der Waals surface area contributed by atoms with Crippen molar-refractivity contribution >= 4 is 5.97 Å². The van der Waals surface area contributed by atoms with E-state index in [9.17, 15) is 9.18 Å². The second-order valence-electron chi connectivity index (χ2n) is 4.63. The molecule has 0 aliphatic rings. The van der Waals surface area contributed by atoms with E-state index in [1.807, 2.05) is 32.0 Å². The first-order valence-electron chi connectivity index (χ1n) is 6.20. The van der Waals surface area contributed by atoms with Crippen LogP contribution < -0.4 is 4.74 Å². The van der Waals surface area contributed by atoms with E-state index in [4.69, 9.17) is 9.84 Å². The highest BCUT2D eigenvalue weighted by Gasteiger charge is 2.16. The third kappa shape index (κ3) is 2.96. The smallest absolute Gasteiger partial charge is 0.342 e. The average Bonchev–Trinajstić information content (AvgIpc) is 2.39. The van der Waals surface area contributed by atoms with E-state index in [1.54, 1.807) is 0 Å². The summed E-state index contributed by atoms with van der Waals surface area (Å²) in [5, 5.41) is 9.00. The van der Waals surface area contributed by atoms with Gasteiger partial charge < -0.3 is 9.84 Å². The summed E-state index contributed by atoms with van der Waals surface area (Å²) in [5.74, 6) is -2.09. The van der Waals surface area contributed by atoms with Crippen LogP contribution >= 0.6 is 0 Å². The van der Waals surface area contributed by atoms with E-state index in [0.29, 0.717) is 0 Å². The summed E-state index contributed by atoms with van der Waals surface area (Å²) in [6.07, 6.45) is 0. The van der Waals surface area contributed by atoms with Crippen LogP contribution in [0.4, 0.5) is 4.39 Å². The summed E-state index contributed by atoms with van der Waals surface area (Å²) in [5.41, 5.74) is 2.78. The molecule has 0 unspecified atom stereocenters. The van der Waals surface area contributed by atoms with Crippen LogP contribution in [0.15, 0.2) is 36.4 Å². The topological polar surface area (TPSA) is 46.5 Å². The standard InChI is InChI=1S/C16H15FO3/c1-10-6-7-12(8-11(10)2)9-20-14-5-3-4-13(17)15(14)16(18)19/h3-8H,9H2,1-2H3,(H,18,19). The molecule has 0 aliphatic heterocycles. The molecule has 3 nitrogen and oxygen atoms in total. The molecule has 0 saturated carbocycles. The van der Waals surface area contributed by atoms with Gasteiger partial charge in [-0.15, -0.1) is 0 Å². The van der Waals surface area contributed by atoms with E-state index < -0.39 is 17.3 Å². The molecule has 0 aliphatic carbocycles. The zero-order chi connectivity index (χ0) is 14.7. The SMILES string of the molecule is Cc1ccc(COc2cccc(F)c2C(=O)O)cc1C. The van der Waals surface area contributed by atoms with Crippen LogP contribution in [0.5, 0.6) is 5.75 Å². The summed E-state index contributed by atoms with van der Waals surface area (Å²) >= 11 is 0. The normalized spacial score (nSPS) is 10.3. The molecule has 0 radical (unpaired) electrons. The molecule has 2 aromatic carbocycles. The van der Waals surface area contributed by atoms with Crippen LogP contribution in [-0.2, 0) is 6.61 Å². The van der Waals surface area contributed by atoms with Crippen molar-refractivity contribution in [2.45, 2.75) is 20.5 Å². The minimum Gasteiger partial charge on any atom is -0.488 e. The Balaban J connectivity index is 2.21. The molecule has 0 saturated heterocycles. The third-order valence-electron chi connectivity index (χ3n) is 3.15. The van der Waals surface area contributed by atoms with Gasteiger partial charge in [0.25, 0.3) is 0 Å². The van der Waals surface area contributed by atoms with Crippen LogP contribution in [0.2, 0.25) is 0 Å². The highest BCUT2D eigenvalue weighted by atomic mass is 19.1. The summed E-state index contributed by atoms with van der Waals surface area (Å²) in [6.45, 7) is 4.20. The molecule has 0 amide bonds. The molecule has 2 aromatic rings. The van der Waals surface area contributed by atoms with E-state index in [1.165, 1.54) is 17.7 Å². The van der Waals surface area contributed by atoms with Gasteiger partial charge >= 0.3 is 5.97 Å². The molecule has 104 valence electrons. The molecule has 4 heteroatoms. The Hall–Kier alpha value is -2.36. The van der Waals surface area contributed by atoms with Crippen LogP contribution in [0.1, 0.15) is 27.0 Å². The van der Waals surface area contributed by atoms with Crippen molar-refractivity contribution in [3.63, 3.8) is 0 Å². The lowest BCUT2D eigenvalue weighted by Crippen LogP contribution is -2.06. The number of aryl methyl sites for hydroxylation is 2. The largest absolute Gasteiger partial charge is 0.488 e. The van der Waals surface area contributed by atoms with E-state index in [0.717, 1.165) is 17.2 Å². The summed E-state index contributed by atoms with van der Waals surface area (Å²) < 4.78 is 18.9. The zero-order valence-corrected chi connectivity index (χ0v) is 11.3. The average molecular weight is 274 g/mol. The number of benzene rings is 2. The molecule has 0 heterocycles. The number of carbonyl (C=O) groups is 1. The highest BCUT2D eigenvalue weighted by Crippen LogP contribution is 2.23. The number of hydrogen-bond donors (Lipinski definition) is 1. The maximum absolute atomic E-state index is 13.5. The lowest BCUT2D eigenvalue weighted by Gasteiger charge is -2.10. The predicted octanol–water partition coefficient (Wildman–Crippen LogP) is 3.72. The Morgan fingerprint density at radius 1 is 1.20 bits per heavy atom. The molecule has 0 spiro atoms. The van der Waals surface area contributed by atoms with Crippen molar-refractivity contribution in [1.29, 1.82) is 0 Å². The number of carboxylic acid groups (broad SMARTS) is 1. The maximum Gasteiger partial charge on any atom is 0.342 e. The van der Waals surface area contributed by atoms with Crippen molar-refractivity contribution in [2.24, 2.45) is 0 Å². The molecule has 0 bridgehead atoms. The second kappa shape index (κ2) is 5.74. The molecule has 0 atom stereocenters. The first kappa shape index (κ1) is 14.1. The lowest BCUT2D eigenvalue weighted by molar-refractivity contribution is 0.0686. The maximum atomic E-state index is 13.5. The Morgan fingerprint density at radius 3 is 2.60 bits per heavy atom. The van der Waals surface area contributed by atoms with Crippen molar-refractivity contribution < 1.29 is 19.0 Å². The first-order valence-corrected chi connectivity index (χ1v) is 6.20. The van der Waals surface area contributed by atoms with Crippen molar-refractivity contribution in [2.75, 3.05) is 0 Å². The first-order chi connectivity index (χ1) is 9.49. The molecule has 0 aromatic heterocycles. The minimum atomic E-state index is -1.34. The van der Waals surface area contributed by atoms with E-state index in [-0.39, 0.29) is 12.4 Å². The van der Waals surface area contributed by atoms with E-state index >= 15 is 0 Å². The van der Waals surface area contributed by atoms with Crippen LogP contribution in [0.3, 0.4) is 0 Å². The summed E-state index contributed by atoms with van der Waals surface area (Å²) in [4.78, 5) is 11.0. The van der Waals surface area contributed by atoms with Crippen molar-refractivity contribution in [3.05, 3.63) is 64.5 Å². The summed E-state index contributed by atoms with van der Waals surface area (Å²) in [6, 6.07) is 9.83. The van der Waals surface area contributed by atoms with Gasteiger partial charge in [0.15, 0.2) is 0 Å². The molecular formula is C16H15FO3. The van der Waals surface area contributed by atoms with Gasteiger partial charge in [0.05, 0.1) is 0 Å². The van der Waals surface area contributed by atoms with Gasteiger partial charge in [0.1, 0.15) is 23.7 Å². The third-order valence-corrected chi connectivity index (χ3v) is 3.15. The lowest BCUT2D eigenvalue weighted by atomic mass is 10.1. The van der Waals surface area contributed by atoms with Crippen LogP contribution in [0.25, 0.3) is 0 Å². The summed E-state index contributed by atoms with van der Waals surface area (Å²) in [7, 11) is 0. The van der Waals surface area contributed by atoms with E-state index in [2.05, 4.69) is 0 Å². The zero-order valence-electron chi connectivity index (χ0n) is 11.3. The monoisotopic (exact) mass is 274 g/mol. The van der Waals surface area contributed by atoms with Gasteiger partial charge in [0.2, 0.25) is 0 Å². The fraction of sp³-hybridized carbons (Fsp3) is 0.188. The Labute approximate surface area is 116 Å². The Kier molecular flexibility index (Phi) is 4.03. The fourth-order valence-electron chi connectivity index (χ4n) is 1.89. The van der Waals surface area contributed by atoms with Crippen LogP contribution in [-0.4, -0.2) is 11.1 Å². The van der Waals surface area contributed by atoms with Crippen LogP contribution in [0, 0.1) is 19.7 Å². The van der Waals surface area contributed by atoms with Gasteiger partial charge in [0, 0.05) is 0 Å². The number of halogens is 1. The number of hydrogen-bond acceptors (Lipinski definition) is 2. The number of carboxylic acids is 1. The molecule has 2 rings (SSSR count). The van der Waals surface area contributed by atoms with Gasteiger partial charge in [-0.25, -0.2) is 9.18 Å². The Morgan fingerprint density at radius 2 is 1.95 bits per heavy atom. The molecule has 1 N–H and O–H groups in total. The predicted molar refractivity (Wildman–Crippen MR) is 73.6 cm³/mol.